The highest BCUT2D eigenvalue weighted by Gasteiger charge is 2.39. The molecule has 1 aromatic heterocycles. The van der Waals surface area contributed by atoms with Gasteiger partial charge in [-0.25, -0.2) is 4.98 Å². The van der Waals surface area contributed by atoms with Crippen molar-refractivity contribution in [3.8, 4) is 17.4 Å². The van der Waals surface area contributed by atoms with Crippen molar-refractivity contribution in [3.63, 3.8) is 0 Å². The number of ether oxygens (including phenoxy) is 3. The number of aromatic nitrogens is 1. The van der Waals surface area contributed by atoms with Gasteiger partial charge in [0.05, 0.1) is 7.11 Å². The number of amides is 1. The zero-order valence-electron chi connectivity index (χ0n) is 16.5. The molecule has 9 heteroatoms. The maximum Gasteiger partial charge on any atom is 0.252 e. The Balaban J connectivity index is 0.00000210. The number of piperidine rings is 1. The summed E-state index contributed by atoms with van der Waals surface area (Å²) >= 11 is 0. The van der Waals surface area contributed by atoms with Crippen molar-refractivity contribution in [2.24, 2.45) is 0 Å². The monoisotopic (exact) mass is 443 g/mol. The van der Waals surface area contributed by atoms with E-state index in [0.717, 1.165) is 24.4 Å². The van der Waals surface area contributed by atoms with Gasteiger partial charge in [0.2, 0.25) is 5.88 Å². The molecule has 0 saturated carbocycles. The molecule has 0 aliphatic carbocycles. The Bertz CT molecular complexity index is 769. The van der Waals surface area contributed by atoms with Crippen molar-refractivity contribution in [2.45, 2.75) is 25.0 Å². The number of methoxy groups -OCH3 is 2. The topological polar surface area (TPSA) is 81.7 Å². The first-order chi connectivity index (χ1) is 13.1. The van der Waals surface area contributed by atoms with Crippen LogP contribution in [-0.4, -0.2) is 43.8 Å². The van der Waals surface area contributed by atoms with Crippen LogP contribution in [0.25, 0.3) is 0 Å². The minimum absolute atomic E-state index is 0. The molecule has 1 aliphatic heterocycles. The van der Waals surface area contributed by atoms with Crippen LogP contribution in [0.15, 0.2) is 42.6 Å². The van der Waals surface area contributed by atoms with Gasteiger partial charge >= 0.3 is 0 Å². The first-order valence-corrected chi connectivity index (χ1v) is 8.96. The van der Waals surface area contributed by atoms with Crippen LogP contribution in [0.2, 0.25) is 0 Å². The van der Waals surface area contributed by atoms with Crippen LogP contribution in [0.3, 0.4) is 0 Å². The SMILES string of the molecule is COc1ccc(Oc2cc(CNC(=O)C3(OC)CCNCC3)ccn2)cc1.Cl.Cl. The number of carbonyl (C=O) groups is 1. The van der Waals surface area contributed by atoms with Gasteiger partial charge in [-0.3, -0.25) is 4.79 Å². The molecule has 2 aromatic rings. The first kappa shape index (κ1) is 25.0. The Hall–Kier alpha value is -2.06. The Morgan fingerprint density at radius 2 is 1.76 bits per heavy atom. The Morgan fingerprint density at radius 1 is 1.10 bits per heavy atom. The highest BCUT2D eigenvalue weighted by molar-refractivity contribution is 5.86. The van der Waals surface area contributed by atoms with Gasteiger partial charge < -0.3 is 24.8 Å². The number of hydrogen-bond acceptors (Lipinski definition) is 6. The van der Waals surface area contributed by atoms with E-state index in [2.05, 4.69) is 15.6 Å². The summed E-state index contributed by atoms with van der Waals surface area (Å²) in [5.41, 5.74) is 0.155. The smallest absolute Gasteiger partial charge is 0.252 e. The number of hydrogen-bond donors (Lipinski definition) is 2. The zero-order chi connectivity index (χ0) is 19.1. The van der Waals surface area contributed by atoms with Gasteiger partial charge in [-0.2, -0.15) is 0 Å². The fraction of sp³-hybridized carbons (Fsp3) is 0.400. The van der Waals surface area contributed by atoms with Crippen LogP contribution in [0.5, 0.6) is 17.4 Å². The van der Waals surface area contributed by atoms with E-state index in [1.807, 2.05) is 36.4 Å². The van der Waals surface area contributed by atoms with Gasteiger partial charge in [-0.1, -0.05) is 0 Å². The number of nitrogens with zero attached hydrogens (tertiary/aromatic N) is 1. The molecule has 0 unspecified atom stereocenters. The van der Waals surface area contributed by atoms with Crippen LogP contribution in [0, 0.1) is 0 Å². The average Bonchev–Trinajstić information content (AvgIpc) is 2.73. The maximum atomic E-state index is 12.6. The van der Waals surface area contributed by atoms with Crippen molar-refractivity contribution >= 4 is 30.7 Å². The van der Waals surface area contributed by atoms with Gasteiger partial charge in [0.15, 0.2) is 0 Å². The van der Waals surface area contributed by atoms with Gasteiger partial charge in [0.25, 0.3) is 5.91 Å². The summed E-state index contributed by atoms with van der Waals surface area (Å²) in [5.74, 6) is 1.81. The lowest BCUT2D eigenvalue weighted by molar-refractivity contribution is -0.146. The average molecular weight is 444 g/mol. The predicted molar refractivity (Wildman–Crippen MR) is 115 cm³/mol. The van der Waals surface area contributed by atoms with E-state index in [9.17, 15) is 4.79 Å². The molecule has 1 aromatic carbocycles. The number of nitrogens with one attached hydrogen (secondary N) is 2. The molecule has 2 N–H and O–H groups in total. The molecule has 3 rings (SSSR count). The number of carbonyl (C=O) groups excluding carboxylic acids is 1. The number of pyridine rings is 1. The summed E-state index contributed by atoms with van der Waals surface area (Å²) in [6.07, 6.45) is 2.99. The zero-order valence-corrected chi connectivity index (χ0v) is 18.1. The number of halogens is 2. The molecule has 0 spiro atoms. The Kier molecular flexibility index (Phi) is 10.2. The predicted octanol–water partition coefficient (Wildman–Crippen LogP) is 3.11. The van der Waals surface area contributed by atoms with Crippen molar-refractivity contribution < 1.29 is 19.0 Å². The van der Waals surface area contributed by atoms with Crippen molar-refractivity contribution in [2.75, 3.05) is 27.3 Å². The van der Waals surface area contributed by atoms with Crippen LogP contribution >= 0.6 is 24.8 Å². The number of benzene rings is 1. The van der Waals surface area contributed by atoms with Gasteiger partial charge in [-0.15, -0.1) is 24.8 Å². The standard InChI is InChI=1S/C20H25N3O4.2ClH/c1-25-16-3-5-17(6-4-16)27-18-13-15(7-10-22-18)14-23-19(24)20(26-2)8-11-21-12-9-20;;/h3-7,10,13,21H,8-9,11-12,14H2,1-2H3,(H,23,24);2*1H. The van der Waals surface area contributed by atoms with Crippen LogP contribution in [0.4, 0.5) is 0 Å². The first-order valence-electron chi connectivity index (χ1n) is 8.96. The van der Waals surface area contributed by atoms with E-state index in [-0.39, 0.29) is 30.7 Å². The second-order valence-corrected chi connectivity index (χ2v) is 6.41. The van der Waals surface area contributed by atoms with Gasteiger partial charge in [-0.05, 0) is 61.8 Å². The summed E-state index contributed by atoms with van der Waals surface area (Å²) in [6, 6.07) is 10.9. The summed E-state index contributed by atoms with van der Waals surface area (Å²) in [7, 11) is 3.21. The molecule has 0 bridgehead atoms. The van der Waals surface area contributed by atoms with Crippen LogP contribution in [-0.2, 0) is 16.1 Å². The van der Waals surface area contributed by atoms with E-state index in [0.29, 0.717) is 31.0 Å². The number of rotatable bonds is 7. The molecule has 1 fully saturated rings. The highest BCUT2D eigenvalue weighted by atomic mass is 35.5. The lowest BCUT2D eigenvalue weighted by atomic mass is 9.91. The minimum atomic E-state index is -0.749. The minimum Gasteiger partial charge on any atom is -0.497 e. The molecule has 160 valence electrons. The van der Waals surface area contributed by atoms with E-state index in [1.165, 1.54) is 0 Å². The molecule has 7 nitrogen and oxygen atoms in total. The van der Waals surface area contributed by atoms with Crippen LogP contribution < -0.4 is 20.1 Å². The molecular weight excluding hydrogens is 417 g/mol. The second-order valence-electron chi connectivity index (χ2n) is 6.41. The quantitative estimate of drug-likeness (QED) is 0.683. The third kappa shape index (κ3) is 6.47. The summed E-state index contributed by atoms with van der Waals surface area (Å²) in [4.78, 5) is 16.9. The van der Waals surface area contributed by atoms with Crippen molar-refractivity contribution in [3.05, 3.63) is 48.2 Å². The Morgan fingerprint density at radius 3 is 2.38 bits per heavy atom. The van der Waals surface area contributed by atoms with Gasteiger partial charge in [0, 0.05) is 25.9 Å². The third-order valence-electron chi connectivity index (χ3n) is 4.75. The molecule has 0 radical (unpaired) electrons. The second kappa shape index (κ2) is 11.8. The summed E-state index contributed by atoms with van der Waals surface area (Å²) in [5, 5.41) is 6.22. The highest BCUT2D eigenvalue weighted by Crippen LogP contribution is 2.24. The van der Waals surface area contributed by atoms with E-state index >= 15 is 0 Å². The summed E-state index contributed by atoms with van der Waals surface area (Å²) in [6.45, 7) is 1.94. The Labute approximate surface area is 183 Å². The van der Waals surface area contributed by atoms with Crippen molar-refractivity contribution in [1.29, 1.82) is 0 Å². The fourth-order valence-corrected chi connectivity index (χ4v) is 3.08. The van der Waals surface area contributed by atoms with E-state index in [1.54, 1.807) is 20.4 Å². The van der Waals surface area contributed by atoms with E-state index in [4.69, 9.17) is 14.2 Å². The van der Waals surface area contributed by atoms with E-state index < -0.39 is 5.60 Å². The molecule has 29 heavy (non-hydrogen) atoms. The molecule has 1 aliphatic rings. The lowest BCUT2D eigenvalue weighted by Gasteiger charge is -2.34. The largest absolute Gasteiger partial charge is 0.497 e. The maximum absolute atomic E-state index is 12.6. The lowest BCUT2D eigenvalue weighted by Crippen LogP contribution is -2.53. The summed E-state index contributed by atoms with van der Waals surface area (Å²) < 4.78 is 16.5. The normalized spacial score (nSPS) is 14.7. The fourth-order valence-electron chi connectivity index (χ4n) is 3.08. The van der Waals surface area contributed by atoms with Gasteiger partial charge in [0.1, 0.15) is 17.1 Å². The van der Waals surface area contributed by atoms with Crippen molar-refractivity contribution in [1.82, 2.24) is 15.6 Å². The molecule has 2 heterocycles. The molecule has 1 saturated heterocycles. The molecule has 1 amide bonds. The third-order valence-corrected chi connectivity index (χ3v) is 4.75. The molecule has 0 atom stereocenters. The molecular formula is C20H27Cl2N3O4. The van der Waals surface area contributed by atoms with Crippen LogP contribution in [0.1, 0.15) is 18.4 Å².